The number of halogens is 1. The average Bonchev–Trinajstić information content (AvgIpc) is 2.28. The summed E-state index contributed by atoms with van der Waals surface area (Å²) < 4.78 is 5.44. The van der Waals surface area contributed by atoms with Crippen LogP contribution in [0.4, 0.5) is 11.4 Å². The molecule has 0 spiro atoms. The molecule has 5 nitrogen and oxygen atoms in total. The van der Waals surface area contributed by atoms with Crippen molar-refractivity contribution in [2.45, 2.75) is 19.4 Å². The van der Waals surface area contributed by atoms with Crippen molar-refractivity contribution in [3.63, 3.8) is 0 Å². The van der Waals surface area contributed by atoms with Gasteiger partial charge < -0.3 is 20.5 Å². The summed E-state index contributed by atoms with van der Waals surface area (Å²) in [6.07, 6.45) is 0. The Kier molecular flexibility index (Phi) is 3.60. The molecule has 0 bridgehead atoms. The van der Waals surface area contributed by atoms with Crippen LogP contribution < -0.4 is 10.6 Å². The van der Waals surface area contributed by atoms with Crippen LogP contribution in [0.25, 0.3) is 0 Å². The van der Waals surface area contributed by atoms with Crippen molar-refractivity contribution >= 4 is 28.9 Å². The summed E-state index contributed by atoms with van der Waals surface area (Å²) in [7, 11) is 0. The number of ether oxygens (including phenoxy) is 1. The smallest absolute Gasteiger partial charge is 0.337 e. The zero-order valence-corrected chi connectivity index (χ0v) is 11.7. The molecule has 0 aromatic heterocycles. The van der Waals surface area contributed by atoms with Gasteiger partial charge in [0, 0.05) is 12.2 Å². The van der Waals surface area contributed by atoms with E-state index in [4.69, 9.17) is 22.1 Å². The SMILES string of the molecule is CC1(C)COCCN1c1c(Cl)cc(N)cc1C(=O)O. The van der Waals surface area contributed by atoms with Gasteiger partial charge in [0.2, 0.25) is 0 Å². The predicted octanol–water partition coefficient (Wildman–Crippen LogP) is 2.24. The van der Waals surface area contributed by atoms with E-state index < -0.39 is 5.97 Å². The molecule has 1 aromatic carbocycles. The number of nitrogens with two attached hydrogens (primary N) is 1. The van der Waals surface area contributed by atoms with Gasteiger partial charge in [-0.3, -0.25) is 0 Å². The van der Waals surface area contributed by atoms with E-state index in [1.807, 2.05) is 18.7 Å². The fraction of sp³-hybridized carbons (Fsp3) is 0.462. The predicted molar refractivity (Wildman–Crippen MR) is 75.1 cm³/mol. The third-order valence-corrected chi connectivity index (χ3v) is 3.52. The molecule has 0 amide bonds. The number of anilines is 2. The van der Waals surface area contributed by atoms with Gasteiger partial charge in [-0.1, -0.05) is 11.6 Å². The first-order valence-corrected chi connectivity index (χ1v) is 6.38. The standard InChI is InChI=1S/C13H17ClN2O3/c1-13(2)7-19-4-3-16(13)11-9(12(17)18)5-8(15)6-10(11)14/h5-6H,3-4,7,15H2,1-2H3,(H,17,18). The quantitative estimate of drug-likeness (QED) is 0.815. The topological polar surface area (TPSA) is 75.8 Å². The van der Waals surface area contributed by atoms with Crippen molar-refractivity contribution in [1.29, 1.82) is 0 Å². The molecule has 1 aliphatic rings. The fourth-order valence-corrected chi connectivity index (χ4v) is 2.66. The largest absolute Gasteiger partial charge is 0.478 e. The Morgan fingerprint density at radius 1 is 1.53 bits per heavy atom. The van der Waals surface area contributed by atoms with Crippen LogP contribution in [-0.4, -0.2) is 36.4 Å². The van der Waals surface area contributed by atoms with Gasteiger partial charge in [0.1, 0.15) is 0 Å². The molecule has 19 heavy (non-hydrogen) atoms. The van der Waals surface area contributed by atoms with Crippen molar-refractivity contribution in [1.82, 2.24) is 0 Å². The van der Waals surface area contributed by atoms with Gasteiger partial charge in [0.25, 0.3) is 0 Å². The first kappa shape index (κ1) is 14.0. The molecular weight excluding hydrogens is 268 g/mol. The molecule has 104 valence electrons. The van der Waals surface area contributed by atoms with Crippen LogP contribution in [0, 0.1) is 0 Å². The van der Waals surface area contributed by atoms with Crippen molar-refractivity contribution in [3.05, 3.63) is 22.7 Å². The second-order valence-electron chi connectivity index (χ2n) is 5.22. The van der Waals surface area contributed by atoms with Gasteiger partial charge in [0.15, 0.2) is 0 Å². The van der Waals surface area contributed by atoms with Gasteiger partial charge in [0.05, 0.1) is 35.0 Å². The zero-order valence-electron chi connectivity index (χ0n) is 10.9. The van der Waals surface area contributed by atoms with E-state index in [0.29, 0.717) is 36.2 Å². The number of nitrogen functional groups attached to an aromatic ring is 1. The van der Waals surface area contributed by atoms with Gasteiger partial charge in [-0.05, 0) is 26.0 Å². The maximum atomic E-state index is 11.4. The number of aromatic carboxylic acids is 1. The minimum Gasteiger partial charge on any atom is -0.478 e. The molecule has 2 rings (SSSR count). The lowest BCUT2D eigenvalue weighted by atomic mass is 9.99. The van der Waals surface area contributed by atoms with Gasteiger partial charge in [-0.2, -0.15) is 0 Å². The van der Waals surface area contributed by atoms with E-state index in [0.717, 1.165) is 0 Å². The zero-order chi connectivity index (χ0) is 14.2. The summed E-state index contributed by atoms with van der Waals surface area (Å²) in [4.78, 5) is 13.4. The molecule has 1 saturated heterocycles. The number of rotatable bonds is 2. The average molecular weight is 285 g/mol. The Bertz CT molecular complexity index is 517. The monoisotopic (exact) mass is 284 g/mol. The Morgan fingerprint density at radius 2 is 2.21 bits per heavy atom. The first-order chi connectivity index (χ1) is 8.83. The molecule has 6 heteroatoms. The number of hydrogen-bond acceptors (Lipinski definition) is 4. The van der Waals surface area contributed by atoms with Crippen LogP contribution in [0.3, 0.4) is 0 Å². The number of hydrogen-bond donors (Lipinski definition) is 2. The number of carboxylic acid groups (broad SMARTS) is 1. The highest BCUT2D eigenvalue weighted by molar-refractivity contribution is 6.34. The highest BCUT2D eigenvalue weighted by Crippen LogP contribution is 2.37. The third kappa shape index (κ3) is 2.62. The second-order valence-corrected chi connectivity index (χ2v) is 5.63. The molecule has 1 heterocycles. The first-order valence-electron chi connectivity index (χ1n) is 6.00. The Hall–Kier alpha value is -1.46. The summed E-state index contributed by atoms with van der Waals surface area (Å²) in [6, 6.07) is 3.02. The maximum Gasteiger partial charge on any atom is 0.337 e. The highest BCUT2D eigenvalue weighted by atomic mass is 35.5. The van der Waals surface area contributed by atoms with E-state index in [-0.39, 0.29) is 11.1 Å². The molecule has 0 atom stereocenters. The van der Waals surface area contributed by atoms with Crippen LogP contribution >= 0.6 is 11.6 Å². The van der Waals surface area contributed by atoms with Gasteiger partial charge in [-0.25, -0.2) is 4.79 Å². The van der Waals surface area contributed by atoms with E-state index in [2.05, 4.69) is 0 Å². The summed E-state index contributed by atoms with van der Waals surface area (Å²) in [5.74, 6) is -1.04. The van der Waals surface area contributed by atoms with Gasteiger partial charge in [-0.15, -0.1) is 0 Å². The molecule has 1 aliphatic heterocycles. The number of carbonyl (C=O) groups is 1. The van der Waals surface area contributed by atoms with Crippen molar-refractivity contribution in [3.8, 4) is 0 Å². The van der Waals surface area contributed by atoms with Crippen LogP contribution in [0.15, 0.2) is 12.1 Å². The third-order valence-electron chi connectivity index (χ3n) is 3.23. The number of benzene rings is 1. The van der Waals surface area contributed by atoms with Crippen LogP contribution in [0.2, 0.25) is 5.02 Å². The van der Waals surface area contributed by atoms with Crippen molar-refractivity contribution in [2.24, 2.45) is 0 Å². The number of nitrogens with zero attached hydrogens (tertiary/aromatic N) is 1. The Labute approximate surface area is 116 Å². The molecule has 3 N–H and O–H groups in total. The fourth-order valence-electron chi connectivity index (χ4n) is 2.33. The Balaban J connectivity index is 2.57. The molecule has 0 saturated carbocycles. The maximum absolute atomic E-state index is 11.4. The van der Waals surface area contributed by atoms with E-state index >= 15 is 0 Å². The molecule has 1 fully saturated rings. The van der Waals surface area contributed by atoms with Crippen molar-refractivity contribution in [2.75, 3.05) is 30.4 Å². The molecular formula is C13H17ClN2O3. The van der Waals surface area contributed by atoms with Crippen LogP contribution in [-0.2, 0) is 4.74 Å². The summed E-state index contributed by atoms with van der Waals surface area (Å²) >= 11 is 6.21. The van der Waals surface area contributed by atoms with Crippen LogP contribution in [0.5, 0.6) is 0 Å². The summed E-state index contributed by atoms with van der Waals surface area (Å²) in [6.45, 7) is 5.64. The summed E-state index contributed by atoms with van der Waals surface area (Å²) in [5.41, 5.74) is 6.34. The highest BCUT2D eigenvalue weighted by Gasteiger charge is 2.34. The normalized spacial score (nSPS) is 18.4. The molecule has 0 radical (unpaired) electrons. The Morgan fingerprint density at radius 3 is 2.79 bits per heavy atom. The van der Waals surface area contributed by atoms with E-state index in [1.54, 1.807) is 6.07 Å². The minimum absolute atomic E-state index is 0.125. The van der Waals surface area contributed by atoms with E-state index in [1.165, 1.54) is 6.07 Å². The number of carboxylic acids is 1. The molecule has 1 aromatic rings. The van der Waals surface area contributed by atoms with E-state index in [9.17, 15) is 9.90 Å². The lowest BCUT2D eigenvalue weighted by molar-refractivity contribution is 0.0629. The van der Waals surface area contributed by atoms with Crippen LogP contribution in [0.1, 0.15) is 24.2 Å². The lowest BCUT2D eigenvalue weighted by Crippen LogP contribution is -2.53. The second kappa shape index (κ2) is 4.90. The van der Waals surface area contributed by atoms with Gasteiger partial charge >= 0.3 is 5.97 Å². The number of morpholine rings is 1. The molecule has 0 aliphatic carbocycles. The van der Waals surface area contributed by atoms with Crippen molar-refractivity contribution < 1.29 is 14.6 Å². The lowest BCUT2D eigenvalue weighted by Gasteiger charge is -2.44. The summed E-state index contributed by atoms with van der Waals surface area (Å²) in [5, 5.41) is 9.70. The molecule has 0 unspecified atom stereocenters. The minimum atomic E-state index is -1.04.